The van der Waals surface area contributed by atoms with Crippen LogP contribution in [0.3, 0.4) is 0 Å². The van der Waals surface area contributed by atoms with E-state index in [1.807, 2.05) is 0 Å². The second-order valence-corrected chi connectivity index (χ2v) is 8.66. The highest BCUT2D eigenvalue weighted by atomic mass is 32.1. The number of nitrogens with zero attached hydrogens (tertiary/aromatic N) is 4. The predicted molar refractivity (Wildman–Crippen MR) is 129 cm³/mol. The molecule has 2 aromatic carbocycles. The first-order chi connectivity index (χ1) is 16.8. The van der Waals surface area contributed by atoms with Crippen molar-refractivity contribution in [3.63, 3.8) is 0 Å². The summed E-state index contributed by atoms with van der Waals surface area (Å²) in [5.74, 6) is -1.23. The number of rotatable bonds is 8. The molecule has 9 nitrogen and oxygen atoms in total. The van der Waals surface area contributed by atoms with Crippen molar-refractivity contribution in [1.82, 2.24) is 9.55 Å². The SMILES string of the molecule is CCOC(=O)c1sc(N(Cc2ccc(F)cc2)C(=O)Cn2ccc3cc([N+](=O)[O-])ccc32)nc1C. The van der Waals surface area contributed by atoms with E-state index in [9.17, 15) is 24.1 Å². The van der Waals surface area contributed by atoms with Crippen LogP contribution in [0.2, 0.25) is 0 Å². The maximum absolute atomic E-state index is 13.5. The molecule has 4 aromatic rings. The van der Waals surface area contributed by atoms with Crippen LogP contribution in [0.25, 0.3) is 10.9 Å². The highest BCUT2D eigenvalue weighted by Gasteiger charge is 2.25. The summed E-state index contributed by atoms with van der Waals surface area (Å²) in [6, 6.07) is 11.9. The monoisotopic (exact) mass is 496 g/mol. The molecule has 0 unspecified atom stereocenters. The number of esters is 1. The van der Waals surface area contributed by atoms with Gasteiger partial charge in [0, 0.05) is 29.2 Å². The molecule has 0 aliphatic heterocycles. The van der Waals surface area contributed by atoms with E-state index in [0.717, 1.165) is 11.3 Å². The number of anilines is 1. The minimum absolute atomic E-state index is 0.0377. The van der Waals surface area contributed by atoms with Crippen LogP contribution in [0.5, 0.6) is 0 Å². The van der Waals surface area contributed by atoms with Gasteiger partial charge in [-0.2, -0.15) is 0 Å². The molecule has 0 bridgehead atoms. The Hall–Kier alpha value is -4.12. The van der Waals surface area contributed by atoms with Crippen LogP contribution in [-0.4, -0.2) is 33.0 Å². The summed E-state index contributed by atoms with van der Waals surface area (Å²) in [6.07, 6.45) is 1.68. The number of amides is 1. The Morgan fingerprint density at radius 1 is 1.20 bits per heavy atom. The lowest BCUT2D eigenvalue weighted by Crippen LogP contribution is -2.33. The highest BCUT2D eigenvalue weighted by molar-refractivity contribution is 7.17. The number of non-ortho nitro benzene ring substituents is 1. The second-order valence-electron chi connectivity index (χ2n) is 7.68. The second kappa shape index (κ2) is 10.0. The molecule has 0 radical (unpaired) electrons. The molecule has 11 heteroatoms. The molecule has 0 saturated heterocycles. The molecule has 0 saturated carbocycles. The average molecular weight is 497 g/mol. The summed E-state index contributed by atoms with van der Waals surface area (Å²) in [5.41, 5.74) is 1.75. The molecule has 0 atom stereocenters. The van der Waals surface area contributed by atoms with Crippen LogP contribution in [0, 0.1) is 22.9 Å². The van der Waals surface area contributed by atoms with Gasteiger partial charge in [0.05, 0.1) is 23.8 Å². The summed E-state index contributed by atoms with van der Waals surface area (Å²) in [7, 11) is 0. The number of carbonyl (C=O) groups is 2. The number of aromatic nitrogens is 2. The molecule has 0 spiro atoms. The fourth-order valence-corrected chi connectivity index (χ4v) is 4.57. The van der Waals surface area contributed by atoms with Gasteiger partial charge in [-0.25, -0.2) is 14.2 Å². The largest absolute Gasteiger partial charge is 0.462 e. The van der Waals surface area contributed by atoms with Crippen molar-refractivity contribution >= 4 is 44.9 Å². The number of halogens is 1. The maximum atomic E-state index is 13.5. The fraction of sp³-hybridized carbons (Fsp3) is 0.208. The summed E-state index contributed by atoms with van der Waals surface area (Å²) in [5, 5.41) is 12.0. The molecular weight excluding hydrogens is 475 g/mol. The number of fused-ring (bicyclic) bond motifs is 1. The van der Waals surface area contributed by atoms with Crippen molar-refractivity contribution in [2.45, 2.75) is 26.9 Å². The summed E-state index contributed by atoms with van der Waals surface area (Å²) < 4.78 is 20.2. The molecule has 180 valence electrons. The molecule has 2 aromatic heterocycles. The van der Waals surface area contributed by atoms with Crippen molar-refractivity contribution in [1.29, 1.82) is 0 Å². The van der Waals surface area contributed by atoms with Gasteiger partial charge in [-0.15, -0.1) is 0 Å². The van der Waals surface area contributed by atoms with E-state index in [0.29, 0.717) is 32.2 Å². The van der Waals surface area contributed by atoms with Crippen molar-refractivity contribution in [3.05, 3.63) is 86.8 Å². The first kappa shape index (κ1) is 24.0. The Bertz CT molecular complexity index is 1410. The molecule has 0 aliphatic carbocycles. The Balaban J connectivity index is 1.67. The third-order valence-electron chi connectivity index (χ3n) is 5.30. The standard InChI is InChI=1S/C24H21FN4O5S/c1-3-34-23(31)22-15(2)26-24(35-22)28(13-16-4-6-18(25)7-5-16)21(30)14-27-11-10-17-12-19(29(32)33)8-9-20(17)27/h4-12H,3,13-14H2,1-2H3. The van der Waals surface area contributed by atoms with Gasteiger partial charge in [-0.1, -0.05) is 23.5 Å². The highest BCUT2D eigenvalue weighted by Crippen LogP contribution is 2.29. The van der Waals surface area contributed by atoms with E-state index in [1.54, 1.807) is 48.9 Å². The third kappa shape index (κ3) is 5.19. The predicted octanol–water partition coefficient (Wildman–Crippen LogP) is 4.86. The number of nitro benzene ring substituents is 1. The summed E-state index contributed by atoms with van der Waals surface area (Å²) in [6.45, 7) is 3.62. The van der Waals surface area contributed by atoms with E-state index < -0.39 is 16.7 Å². The number of thiazole rings is 1. The number of nitro groups is 1. The lowest BCUT2D eigenvalue weighted by Gasteiger charge is -2.21. The van der Waals surface area contributed by atoms with Gasteiger partial charge in [0.1, 0.15) is 17.2 Å². The van der Waals surface area contributed by atoms with Gasteiger partial charge < -0.3 is 9.30 Å². The molecule has 35 heavy (non-hydrogen) atoms. The van der Waals surface area contributed by atoms with Crippen molar-refractivity contribution in [2.24, 2.45) is 0 Å². The summed E-state index contributed by atoms with van der Waals surface area (Å²) in [4.78, 5) is 42.6. The van der Waals surface area contributed by atoms with Gasteiger partial charge >= 0.3 is 5.97 Å². The molecular formula is C24H21FN4O5S. The smallest absolute Gasteiger partial charge is 0.350 e. The third-order valence-corrected chi connectivity index (χ3v) is 6.46. The minimum atomic E-state index is -0.513. The molecule has 4 rings (SSSR count). The zero-order valence-corrected chi connectivity index (χ0v) is 19.8. The van der Waals surface area contributed by atoms with Gasteiger partial charge in [-0.05, 0) is 43.7 Å². The molecule has 2 heterocycles. The van der Waals surface area contributed by atoms with Crippen LogP contribution in [0.4, 0.5) is 15.2 Å². The molecule has 1 amide bonds. The van der Waals surface area contributed by atoms with Gasteiger partial charge in [0.25, 0.3) is 5.69 Å². The fourth-order valence-electron chi connectivity index (χ4n) is 3.59. The normalized spacial score (nSPS) is 10.9. The Morgan fingerprint density at radius 2 is 1.94 bits per heavy atom. The molecule has 0 fully saturated rings. The zero-order valence-electron chi connectivity index (χ0n) is 18.9. The number of ether oxygens (including phenoxy) is 1. The molecule has 0 aliphatic rings. The van der Waals surface area contributed by atoms with Crippen LogP contribution in [-0.2, 0) is 22.6 Å². The van der Waals surface area contributed by atoms with Crippen molar-refractivity contribution in [3.8, 4) is 0 Å². The van der Waals surface area contributed by atoms with Crippen LogP contribution in [0.1, 0.15) is 27.9 Å². The van der Waals surface area contributed by atoms with E-state index in [2.05, 4.69) is 4.98 Å². The van der Waals surface area contributed by atoms with Crippen LogP contribution >= 0.6 is 11.3 Å². The quantitative estimate of drug-likeness (QED) is 0.196. The van der Waals surface area contributed by atoms with Crippen molar-refractivity contribution < 1.29 is 23.6 Å². The molecule has 0 N–H and O–H groups in total. The number of carbonyl (C=O) groups excluding carboxylic acids is 2. The zero-order chi connectivity index (χ0) is 25.1. The van der Waals surface area contributed by atoms with Gasteiger partial charge in [-0.3, -0.25) is 19.8 Å². The summed E-state index contributed by atoms with van der Waals surface area (Å²) >= 11 is 1.05. The average Bonchev–Trinajstić information content (AvgIpc) is 3.41. The number of hydrogen-bond acceptors (Lipinski definition) is 7. The van der Waals surface area contributed by atoms with Gasteiger partial charge in [0.15, 0.2) is 5.13 Å². The number of hydrogen-bond donors (Lipinski definition) is 0. The Labute approximate surface area is 203 Å². The van der Waals surface area contributed by atoms with E-state index >= 15 is 0 Å². The topological polar surface area (TPSA) is 108 Å². The number of aryl methyl sites for hydroxylation is 1. The van der Waals surface area contributed by atoms with E-state index in [4.69, 9.17) is 4.74 Å². The lowest BCUT2D eigenvalue weighted by molar-refractivity contribution is -0.384. The van der Waals surface area contributed by atoms with Crippen LogP contribution in [0.15, 0.2) is 54.7 Å². The first-order valence-corrected chi connectivity index (χ1v) is 11.5. The van der Waals surface area contributed by atoms with E-state index in [-0.39, 0.29) is 31.3 Å². The van der Waals surface area contributed by atoms with Gasteiger partial charge in [0.2, 0.25) is 5.91 Å². The van der Waals surface area contributed by atoms with Crippen LogP contribution < -0.4 is 4.90 Å². The van der Waals surface area contributed by atoms with Crippen molar-refractivity contribution in [2.75, 3.05) is 11.5 Å². The maximum Gasteiger partial charge on any atom is 0.350 e. The van der Waals surface area contributed by atoms with E-state index in [1.165, 1.54) is 29.2 Å². The Kier molecular flexibility index (Phi) is 6.87. The first-order valence-electron chi connectivity index (χ1n) is 10.7. The lowest BCUT2D eigenvalue weighted by atomic mass is 10.2. The number of benzene rings is 2. The minimum Gasteiger partial charge on any atom is -0.462 e. The Morgan fingerprint density at radius 3 is 2.63 bits per heavy atom.